The van der Waals surface area contributed by atoms with Gasteiger partial charge < -0.3 is 47.4 Å². The molecule has 0 aliphatic rings. The van der Waals surface area contributed by atoms with Crippen LogP contribution in [-0.4, -0.2) is 117 Å². The van der Waals surface area contributed by atoms with Crippen molar-refractivity contribution in [3.05, 3.63) is 0 Å². The lowest BCUT2D eigenvalue weighted by molar-refractivity contribution is -0.167. The highest BCUT2D eigenvalue weighted by molar-refractivity contribution is 5.78. The Morgan fingerprint density at radius 3 is 1.54 bits per heavy atom. The molecule has 0 bridgehead atoms. The standard InChI is InChI=1S/C24H40O15/c1-18(25)37-15-23(3,13-31-6)14-32-8-10-33-20(27)24(4,16-38-19(2)26)17-39-22(29)36-12-11-35-21(28)34-9-7-30-5/h7-17H2,1-6H3. The smallest absolute Gasteiger partial charge is 0.465 e. The Bertz CT molecular complexity index is 771. The minimum atomic E-state index is -1.55. The van der Waals surface area contributed by atoms with Gasteiger partial charge in [-0.25, -0.2) is 9.59 Å². The maximum atomic E-state index is 12.7. The predicted molar refractivity (Wildman–Crippen MR) is 130 cm³/mol. The molecule has 0 N–H and O–H groups in total. The molecule has 15 nitrogen and oxygen atoms in total. The zero-order chi connectivity index (χ0) is 29.7. The summed E-state index contributed by atoms with van der Waals surface area (Å²) in [5.41, 5.74) is -2.16. The third-order valence-electron chi connectivity index (χ3n) is 4.65. The summed E-state index contributed by atoms with van der Waals surface area (Å²) >= 11 is 0. The van der Waals surface area contributed by atoms with Crippen LogP contribution in [-0.2, 0) is 61.8 Å². The molecule has 0 radical (unpaired) electrons. The summed E-state index contributed by atoms with van der Waals surface area (Å²) in [6.45, 7) is 4.58. The summed E-state index contributed by atoms with van der Waals surface area (Å²) in [6.07, 6.45) is -2.11. The van der Waals surface area contributed by atoms with Gasteiger partial charge in [-0.05, 0) is 6.92 Å². The van der Waals surface area contributed by atoms with Crippen LogP contribution in [0.4, 0.5) is 9.59 Å². The molecule has 0 aromatic heterocycles. The summed E-state index contributed by atoms with van der Waals surface area (Å²) in [7, 11) is 2.95. The number of carbonyl (C=O) groups is 5. The highest BCUT2D eigenvalue weighted by Gasteiger charge is 2.38. The van der Waals surface area contributed by atoms with E-state index in [-0.39, 0.29) is 59.5 Å². The van der Waals surface area contributed by atoms with Gasteiger partial charge in [0.1, 0.15) is 51.7 Å². The van der Waals surface area contributed by atoms with Gasteiger partial charge in [0.2, 0.25) is 0 Å². The Balaban J connectivity index is 4.63. The van der Waals surface area contributed by atoms with E-state index in [1.807, 2.05) is 0 Å². The van der Waals surface area contributed by atoms with E-state index in [0.29, 0.717) is 0 Å². The van der Waals surface area contributed by atoms with Crippen LogP contribution >= 0.6 is 0 Å². The molecule has 39 heavy (non-hydrogen) atoms. The molecule has 0 amide bonds. The van der Waals surface area contributed by atoms with Crippen LogP contribution in [0.5, 0.6) is 0 Å². The minimum absolute atomic E-state index is 0.00462. The highest BCUT2D eigenvalue weighted by atomic mass is 16.7. The van der Waals surface area contributed by atoms with E-state index < -0.39 is 54.3 Å². The van der Waals surface area contributed by atoms with Crippen molar-refractivity contribution < 1.29 is 71.3 Å². The molecule has 0 aromatic carbocycles. The van der Waals surface area contributed by atoms with Crippen LogP contribution in [0.2, 0.25) is 0 Å². The minimum Gasteiger partial charge on any atom is -0.465 e. The summed E-state index contributed by atoms with van der Waals surface area (Å²) in [5, 5.41) is 0. The van der Waals surface area contributed by atoms with E-state index in [0.717, 1.165) is 6.92 Å². The van der Waals surface area contributed by atoms with Crippen molar-refractivity contribution in [2.75, 3.05) is 86.9 Å². The normalized spacial score (nSPS) is 13.7. The molecule has 0 aliphatic heterocycles. The molecule has 0 fully saturated rings. The molecule has 0 rings (SSSR count). The van der Waals surface area contributed by atoms with Crippen molar-refractivity contribution in [3.8, 4) is 0 Å². The van der Waals surface area contributed by atoms with E-state index in [4.69, 9.17) is 37.9 Å². The van der Waals surface area contributed by atoms with Gasteiger partial charge >= 0.3 is 30.2 Å². The van der Waals surface area contributed by atoms with E-state index >= 15 is 0 Å². The molecule has 0 aliphatic carbocycles. The Hall–Kier alpha value is -3.17. The number of methoxy groups -OCH3 is 2. The molecular formula is C24H40O15. The zero-order valence-corrected chi connectivity index (χ0v) is 23.4. The predicted octanol–water partition coefficient (Wildman–Crippen LogP) is 1.28. The Morgan fingerprint density at radius 1 is 0.513 bits per heavy atom. The molecule has 2 atom stereocenters. The third-order valence-corrected chi connectivity index (χ3v) is 4.65. The molecule has 0 aromatic rings. The van der Waals surface area contributed by atoms with Gasteiger partial charge in [-0.15, -0.1) is 0 Å². The monoisotopic (exact) mass is 568 g/mol. The largest absolute Gasteiger partial charge is 0.508 e. The Kier molecular flexibility index (Phi) is 18.2. The lowest BCUT2D eigenvalue weighted by Crippen LogP contribution is -2.41. The van der Waals surface area contributed by atoms with Crippen LogP contribution in [0, 0.1) is 10.8 Å². The van der Waals surface area contributed by atoms with Gasteiger partial charge in [-0.3, -0.25) is 14.4 Å². The van der Waals surface area contributed by atoms with Gasteiger partial charge in [-0.1, -0.05) is 6.92 Å². The average Bonchev–Trinajstić information content (AvgIpc) is 2.87. The van der Waals surface area contributed by atoms with Crippen LogP contribution in [0.15, 0.2) is 0 Å². The fourth-order valence-corrected chi connectivity index (χ4v) is 2.62. The summed E-state index contributed by atoms with van der Waals surface area (Å²) in [5.74, 6) is -1.90. The maximum absolute atomic E-state index is 12.7. The van der Waals surface area contributed by atoms with Crippen molar-refractivity contribution in [2.45, 2.75) is 27.7 Å². The number of esters is 3. The lowest BCUT2D eigenvalue weighted by atomic mass is 9.93. The highest BCUT2D eigenvalue weighted by Crippen LogP contribution is 2.21. The lowest BCUT2D eigenvalue weighted by Gasteiger charge is -2.28. The van der Waals surface area contributed by atoms with Crippen LogP contribution < -0.4 is 0 Å². The first kappa shape index (κ1) is 35.8. The summed E-state index contributed by atoms with van der Waals surface area (Å²) in [6, 6.07) is 0. The molecule has 226 valence electrons. The van der Waals surface area contributed by atoms with Crippen molar-refractivity contribution in [2.24, 2.45) is 10.8 Å². The van der Waals surface area contributed by atoms with Gasteiger partial charge in [0.05, 0.1) is 26.4 Å². The second kappa shape index (κ2) is 19.8. The quantitative estimate of drug-likeness (QED) is 0.116. The van der Waals surface area contributed by atoms with E-state index in [9.17, 15) is 24.0 Å². The van der Waals surface area contributed by atoms with E-state index in [1.54, 1.807) is 6.92 Å². The third kappa shape index (κ3) is 17.9. The second-order valence-corrected chi connectivity index (χ2v) is 8.88. The number of hydrogen-bond donors (Lipinski definition) is 0. The van der Waals surface area contributed by atoms with Crippen molar-refractivity contribution in [1.29, 1.82) is 0 Å². The number of hydrogen-bond acceptors (Lipinski definition) is 15. The Labute approximate surface area is 227 Å². The molecule has 0 heterocycles. The van der Waals surface area contributed by atoms with Gasteiger partial charge in [-0.2, -0.15) is 0 Å². The zero-order valence-electron chi connectivity index (χ0n) is 23.4. The van der Waals surface area contributed by atoms with Gasteiger partial charge in [0.15, 0.2) is 0 Å². The van der Waals surface area contributed by atoms with Crippen molar-refractivity contribution in [1.82, 2.24) is 0 Å². The number of rotatable bonds is 20. The molecule has 15 heteroatoms. The van der Waals surface area contributed by atoms with Crippen LogP contribution in [0.25, 0.3) is 0 Å². The first-order valence-electron chi connectivity index (χ1n) is 12.0. The second-order valence-electron chi connectivity index (χ2n) is 8.88. The maximum Gasteiger partial charge on any atom is 0.508 e. The molecule has 0 saturated heterocycles. The van der Waals surface area contributed by atoms with Crippen molar-refractivity contribution in [3.63, 3.8) is 0 Å². The first-order valence-corrected chi connectivity index (χ1v) is 12.0. The van der Waals surface area contributed by atoms with E-state index in [1.165, 1.54) is 28.1 Å². The SMILES string of the molecule is COCCOC(=O)OCCOC(=O)OCC(C)(COC(C)=O)C(=O)OCCOCC(C)(COC)COC(C)=O. The first-order chi connectivity index (χ1) is 18.4. The molecular weight excluding hydrogens is 528 g/mol. The summed E-state index contributed by atoms with van der Waals surface area (Å²) in [4.78, 5) is 58.3. The van der Waals surface area contributed by atoms with Crippen molar-refractivity contribution >= 4 is 30.2 Å². The van der Waals surface area contributed by atoms with Gasteiger partial charge in [0.25, 0.3) is 0 Å². The summed E-state index contributed by atoms with van der Waals surface area (Å²) < 4.78 is 49.7. The number of ether oxygens (including phenoxy) is 10. The number of carbonyl (C=O) groups excluding carboxylic acids is 5. The topological polar surface area (TPSA) is 178 Å². The fraction of sp³-hybridized carbons (Fsp3) is 0.792. The molecule has 0 spiro atoms. The molecule has 0 saturated carbocycles. The van der Waals surface area contributed by atoms with Crippen LogP contribution in [0.3, 0.4) is 0 Å². The van der Waals surface area contributed by atoms with Crippen LogP contribution in [0.1, 0.15) is 27.7 Å². The van der Waals surface area contributed by atoms with Gasteiger partial charge in [0, 0.05) is 33.5 Å². The average molecular weight is 569 g/mol. The van der Waals surface area contributed by atoms with E-state index in [2.05, 4.69) is 9.47 Å². The fourth-order valence-electron chi connectivity index (χ4n) is 2.62. The Morgan fingerprint density at radius 2 is 1.00 bits per heavy atom. The molecule has 2 unspecified atom stereocenters.